The maximum atomic E-state index is 10.8. The molecule has 80 valence electrons. The molecule has 1 aromatic rings. The van der Waals surface area contributed by atoms with E-state index in [2.05, 4.69) is 22.2 Å². The maximum absolute atomic E-state index is 10.8. The van der Waals surface area contributed by atoms with Crippen LogP contribution in [0.15, 0.2) is 30.3 Å². The van der Waals surface area contributed by atoms with Crippen molar-refractivity contribution in [2.45, 2.75) is 18.9 Å². The standard InChI is InChI=1S/C12H15NO2/c14-12-11(9-15-12)13-8-4-7-10-5-2-1-3-6-10/h1-3,5-6,11,13H,4,7-9H2/t11-/m1/s1. The van der Waals surface area contributed by atoms with E-state index in [0.29, 0.717) is 6.61 Å². The molecule has 1 heterocycles. The molecular weight excluding hydrogens is 190 g/mol. The fourth-order valence-electron chi connectivity index (χ4n) is 1.59. The van der Waals surface area contributed by atoms with E-state index >= 15 is 0 Å². The smallest absolute Gasteiger partial charge is 0.326 e. The Kier molecular flexibility index (Phi) is 3.35. The Labute approximate surface area is 89.4 Å². The second-order valence-electron chi connectivity index (χ2n) is 3.73. The van der Waals surface area contributed by atoms with E-state index in [1.54, 1.807) is 0 Å². The normalized spacial score (nSPS) is 19.5. The quantitative estimate of drug-likeness (QED) is 0.578. The molecule has 1 aliphatic rings. The minimum Gasteiger partial charge on any atom is -0.462 e. The Balaban J connectivity index is 1.61. The van der Waals surface area contributed by atoms with Crippen molar-refractivity contribution in [1.29, 1.82) is 0 Å². The highest BCUT2D eigenvalue weighted by Crippen LogP contribution is 2.04. The van der Waals surface area contributed by atoms with Crippen LogP contribution in [0.25, 0.3) is 0 Å². The van der Waals surface area contributed by atoms with Gasteiger partial charge in [-0.1, -0.05) is 30.3 Å². The fourth-order valence-corrected chi connectivity index (χ4v) is 1.59. The Hall–Kier alpha value is -1.35. The van der Waals surface area contributed by atoms with E-state index in [-0.39, 0.29) is 12.0 Å². The molecule has 1 atom stereocenters. The molecular formula is C12H15NO2. The number of aryl methyl sites for hydroxylation is 1. The zero-order valence-corrected chi connectivity index (χ0v) is 8.61. The summed E-state index contributed by atoms with van der Waals surface area (Å²) in [7, 11) is 0. The summed E-state index contributed by atoms with van der Waals surface area (Å²) >= 11 is 0. The lowest BCUT2D eigenvalue weighted by Crippen LogP contribution is -2.51. The van der Waals surface area contributed by atoms with Crippen molar-refractivity contribution in [3.63, 3.8) is 0 Å². The van der Waals surface area contributed by atoms with E-state index in [1.807, 2.05) is 18.2 Å². The molecule has 1 aliphatic heterocycles. The molecule has 0 amide bonds. The minimum atomic E-state index is -0.116. The third-order valence-corrected chi connectivity index (χ3v) is 2.55. The third-order valence-electron chi connectivity index (χ3n) is 2.55. The van der Waals surface area contributed by atoms with Crippen molar-refractivity contribution >= 4 is 5.97 Å². The molecule has 1 fully saturated rings. The highest BCUT2D eigenvalue weighted by Gasteiger charge is 2.29. The van der Waals surface area contributed by atoms with Gasteiger partial charge in [-0.3, -0.25) is 4.79 Å². The van der Waals surface area contributed by atoms with Gasteiger partial charge >= 0.3 is 5.97 Å². The van der Waals surface area contributed by atoms with Crippen molar-refractivity contribution in [3.05, 3.63) is 35.9 Å². The Bertz CT molecular complexity index is 324. The number of carbonyl (C=O) groups is 1. The molecule has 0 bridgehead atoms. The van der Waals surface area contributed by atoms with Crippen molar-refractivity contribution in [1.82, 2.24) is 5.32 Å². The first-order valence-corrected chi connectivity index (χ1v) is 5.30. The van der Waals surface area contributed by atoms with Crippen LogP contribution in [0.4, 0.5) is 0 Å². The van der Waals surface area contributed by atoms with Gasteiger partial charge in [0.15, 0.2) is 0 Å². The summed E-state index contributed by atoms with van der Waals surface area (Å²) in [5.41, 5.74) is 1.34. The molecule has 0 radical (unpaired) electrons. The average molecular weight is 205 g/mol. The van der Waals surface area contributed by atoms with Gasteiger partial charge in [-0.2, -0.15) is 0 Å². The van der Waals surface area contributed by atoms with Gasteiger partial charge in [-0.05, 0) is 24.9 Å². The molecule has 2 rings (SSSR count). The van der Waals surface area contributed by atoms with Crippen LogP contribution in [0.2, 0.25) is 0 Å². The first-order chi connectivity index (χ1) is 7.36. The highest BCUT2D eigenvalue weighted by atomic mass is 16.6. The van der Waals surface area contributed by atoms with Crippen molar-refractivity contribution in [2.24, 2.45) is 0 Å². The predicted molar refractivity (Wildman–Crippen MR) is 57.5 cm³/mol. The molecule has 1 saturated heterocycles. The number of cyclic esters (lactones) is 1. The number of hydrogen-bond acceptors (Lipinski definition) is 3. The fraction of sp³-hybridized carbons (Fsp3) is 0.417. The van der Waals surface area contributed by atoms with E-state index in [4.69, 9.17) is 0 Å². The predicted octanol–water partition coefficient (Wildman–Crippen LogP) is 1.13. The second kappa shape index (κ2) is 4.94. The van der Waals surface area contributed by atoms with Crippen LogP contribution in [0, 0.1) is 0 Å². The van der Waals surface area contributed by atoms with Crippen molar-refractivity contribution in [2.75, 3.05) is 13.2 Å². The third kappa shape index (κ3) is 2.80. The molecule has 1 N–H and O–H groups in total. The zero-order valence-electron chi connectivity index (χ0n) is 8.61. The first kappa shape index (κ1) is 10.2. The van der Waals surface area contributed by atoms with Crippen LogP contribution >= 0.6 is 0 Å². The summed E-state index contributed by atoms with van der Waals surface area (Å²) in [6.45, 7) is 1.40. The molecule has 3 heteroatoms. The first-order valence-electron chi connectivity index (χ1n) is 5.30. The number of esters is 1. The van der Waals surface area contributed by atoms with Crippen molar-refractivity contribution < 1.29 is 9.53 Å². The number of hydrogen-bond donors (Lipinski definition) is 1. The molecule has 0 aliphatic carbocycles. The van der Waals surface area contributed by atoms with Gasteiger partial charge in [0.05, 0.1) is 0 Å². The molecule has 3 nitrogen and oxygen atoms in total. The van der Waals surface area contributed by atoms with Gasteiger partial charge in [-0.15, -0.1) is 0 Å². The summed E-state index contributed by atoms with van der Waals surface area (Å²) in [5, 5.41) is 3.16. The van der Waals surface area contributed by atoms with Crippen LogP contribution in [0.1, 0.15) is 12.0 Å². The zero-order chi connectivity index (χ0) is 10.5. The topological polar surface area (TPSA) is 38.3 Å². The van der Waals surface area contributed by atoms with Crippen LogP contribution < -0.4 is 5.32 Å². The highest BCUT2D eigenvalue weighted by molar-refractivity contribution is 5.80. The summed E-state index contributed by atoms with van der Waals surface area (Å²) < 4.78 is 4.66. The summed E-state index contributed by atoms with van der Waals surface area (Å²) in [4.78, 5) is 10.8. The Morgan fingerprint density at radius 2 is 2.13 bits per heavy atom. The Morgan fingerprint density at radius 1 is 1.33 bits per heavy atom. The molecule has 0 aromatic heterocycles. The van der Waals surface area contributed by atoms with Crippen LogP contribution in [0.5, 0.6) is 0 Å². The van der Waals surface area contributed by atoms with Gasteiger partial charge in [0.1, 0.15) is 12.6 Å². The number of carbonyl (C=O) groups excluding carboxylic acids is 1. The van der Waals surface area contributed by atoms with Gasteiger partial charge < -0.3 is 10.1 Å². The number of rotatable bonds is 5. The molecule has 0 unspecified atom stereocenters. The monoisotopic (exact) mass is 205 g/mol. The van der Waals surface area contributed by atoms with Crippen LogP contribution in [-0.4, -0.2) is 25.2 Å². The summed E-state index contributed by atoms with van der Waals surface area (Å²) in [5.74, 6) is -0.116. The van der Waals surface area contributed by atoms with E-state index in [1.165, 1.54) is 5.56 Å². The van der Waals surface area contributed by atoms with Gasteiger partial charge in [0, 0.05) is 0 Å². The molecule has 0 spiro atoms. The molecule has 1 aromatic carbocycles. The number of nitrogens with one attached hydrogen (secondary N) is 1. The minimum absolute atomic E-state index is 0.0548. The Morgan fingerprint density at radius 3 is 2.73 bits per heavy atom. The summed E-state index contributed by atoms with van der Waals surface area (Å²) in [6, 6.07) is 10.3. The number of ether oxygens (including phenoxy) is 1. The molecule has 0 saturated carbocycles. The van der Waals surface area contributed by atoms with E-state index < -0.39 is 0 Å². The maximum Gasteiger partial charge on any atom is 0.326 e. The second-order valence-corrected chi connectivity index (χ2v) is 3.73. The van der Waals surface area contributed by atoms with Gasteiger partial charge in [0.2, 0.25) is 0 Å². The summed E-state index contributed by atoms with van der Waals surface area (Å²) in [6.07, 6.45) is 2.10. The van der Waals surface area contributed by atoms with E-state index in [9.17, 15) is 4.79 Å². The largest absolute Gasteiger partial charge is 0.462 e. The van der Waals surface area contributed by atoms with Gasteiger partial charge in [0.25, 0.3) is 0 Å². The van der Waals surface area contributed by atoms with E-state index in [0.717, 1.165) is 19.4 Å². The lowest BCUT2D eigenvalue weighted by atomic mass is 10.1. The average Bonchev–Trinajstić information content (AvgIpc) is 2.28. The van der Waals surface area contributed by atoms with Gasteiger partial charge in [-0.25, -0.2) is 0 Å². The SMILES string of the molecule is O=C1OC[C@H]1NCCCc1ccccc1. The lowest BCUT2D eigenvalue weighted by molar-refractivity contribution is -0.162. The van der Waals surface area contributed by atoms with Crippen LogP contribution in [-0.2, 0) is 16.0 Å². The van der Waals surface area contributed by atoms with Crippen molar-refractivity contribution in [3.8, 4) is 0 Å². The number of benzene rings is 1. The van der Waals surface area contributed by atoms with Crippen LogP contribution in [0.3, 0.4) is 0 Å². The molecule has 15 heavy (non-hydrogen) atoms. The lowest BCUT2D eigenvalue weighted by Gasteiger charge is -2.25.